The number of ether oxygens (including phenoxy) is 1. The summed E-state index contributed by atoms with van der Waals surface area (Å²) in [4.78, 5) is 13.5. The predicted molar refractivity (Wildman–Crippen MR) is 113 cm³/mol. The Morgan fingerprint density at radius 3 is 2.72 bits per heavy atom. The number of allylic oxidation sites excluding steroid dienone is 1. The Morgan fingerprint density at radius 2 is 2.03 bits per heavy atom. The van der Waals surface area contributed by atoms with Crippen LogP contribution in [0, 0.1) is 13.8 Å². The summed E-state index contributed by atoms with van der Waals surface area (Å²) < 4.78 is 6.62. The van der Waals surface area contributed by atoms with Crippen molar-refractivity contribution >= 4 is 45.9 Å². The summed E-state index contributed by atoms with van der Waals surface area (Å²) in [6, 6.07) is 0. The van der Waals surface area contributed by atoms with E-state index >= 15 is 0 Å². The number of hydrazone groups is 1. The number of benzene rings is 1. The van der Waals surface area contributed by atoms with E-state index in [0.29, 0.717) is 49.6 Å². The Bertz CT molecular complexity index is 1210. The average molecular weight is 428 g/mol. The molecule has 0 fully saturated rings. The van der Waals surface area contributed by atoms with Gasteiger partial charge < -0.3 is 14.9 Å². The third-order valence-corrected chi connectivity index (χ3v) is 6.89. The number of hydrogen-bond acceptors (Lipinski definition) is 8. The first-order valence-electron chi connectivity index (χ1n) is 8.83. The maximum atomic E-state index is 13.5. The van der Waals surface area contributed by atoms with E-state index in [4.69, 9.17) is 17.0 Å². The minimum absolute atomic E-state index is 0.139. The van der Waals surface area contributed by atoms with Crippen LogP contribution in [0.1, 0.15) is 45.4 Å². The Hall–Kier alpha value is -2.85. The van der Waals surface area contributed by atoms with Gasteiger partial charge in [-0.05, 0) is 20.8 Å². The van der Waals surface area contributed by atoms with Crippen LogP contribution in [0.15, 0.2) is 10.9 Å². The molecule has 0 amide bonds. The Labute approximate surface area is 175 Å². The standard InChI is InChI=1S/C19H16N4O4S2/c1-6-14(24)12(9-5-29-18(28)23-22-9)16-13(15(6)25)19(3)10(27-16)4-8-11(17(19)26)7(2)20-21-8/h4,24-25H,5H2,1-3H3,(H,20,21)(H,23,28)/t19-/m0/s1. The molecule has 0 radical (unpaired) electrons. The number of nitrogens with one attached hydrogen (secondary N) is 2. The zero-order valence-electron chi connectivity index (χ0n) is 15.7. The van der Waals surface area contributed by atoms with Gasteiger partial charge in [0.2, 0.25) is 0 Å². The molecule has 0 bridgehead atoms. The second kappa shape index (κ2) is 5.83. The molecule has 3 aliphatic rings. The SMILES string of the molecule is Cc1[nH]nc2c1C(=O)[C@@]1(C)C(=C2)Oc2c(C3=NNC(=S)SC3)c(O)c(C)c(O)c21. The van der Waals surface area contributed by atoms with Crippen molar-refractivity contribution in [3.8, 4) is 17.2 Å². The number of aromatic hydroxyl groups is 2. The molecule has 3 heterocycles. The molecule has 1 aromatic carbocycles. The number of aryl methyl sites for hydroxylation is 1. The summed E-state index contributed by atoms with van der Waals surface area (Å²) in [5, 5.41) is 33.0. The Morgan fingerprint density at radius 1 is 1.28 bits per heavy atom. The largest absolute Gasteiger partial charge is 0.507 e. The first-order chi connectivity index (χ1) is 13.7. The Balaban J connectivity index is 1.80. The van der Waals surface area contributed by atoms with E-state index in [9.17, 15) is 15.0 Å². The average Bonchev–Trinajstić information content (AvgIpc) is 3.20. The Kier molecular flexibility index (Phi) is 3.66. The van der Waals surface area contributed by atoms with Crippen LogP contribution in [0.25, 0.3) is 6.08 Å². The van der Waals surface area contributed by atoms with E-state index in [-0.39, 0.29) is 28.6 Å². The van der Waals surface area contributed by atoms with Crippen LogP contribution >= 0.6 is 24.0 Å². The number of hydrogen-bond donors (Lipinski definition) is 4. The molecule has 1 atom stereocenters. The van der Waals surface area contributed by atoms with Gasteiger partial charge in [0.25, 0.3) is 0 Å². The van der Waals surface area contributed by atoms with Crippen LogP contribution in [0.5, 0.6) is 17.2 Å². The number of thiocarbonyl (C=S) groups is 1. The van der Waals surface area contributed by atoms with Gasteiger partial charge in [0.15, 0.2) is 10.1 Å². The van der Waals surface area contributed by atoms with E-state index in [1.54, 1.807) is 26.8 Å². The summed E-state index contributed by atoms with van der Waals surface area (Å²) in [6.45, 7) is 5.08. The number of aromatic nitrogens is 2. The van der Waals surface area contributed by atoms with Gasteiger partial charge in [-0.3, -0.25) is 15.3 Å². The smallest absolute Gasteiger partial charge is 0.185 e. The van der Waals surface area contributed by atoms with E-state index in [2.05, 4.69) is 20.7 Å². The molecule has 1 aliphatic carbocycles. The van der Waals surface area contributed by atoms with Crippen LogP contribution in [-0.4, -0.2) is 42.0 Å². The van der Waals surface area contributed by atoms with Crippen molar-refractivity contribution in [1.29, 1.82) is 0 Å². The molecule has 10 heteroatoms. The molecule has 2 aliphatic heterocycles. The monoisotopic (exact) mass is 428 g/mol. The molecule has 0 saturated heterocycles. The number of thioether (sulfide) groups is 1. The lowest BCUT2D eigenvalue weighted by molar-refractivity contribution is 0.0905. The maximum Gasteiger partial charge on any atom is 0.185 e. The number of phenols is 2. The van der Waals surface area contributed by atoms with Crippen LogP contribution in [0.4, 0.5) is 0 Å². The van der Waals surface area contributed by atoms with Gasteiger partial charge in [-0.2, -0.15) is 10.2 Å². The van der Waals surface area contributed by atoms with Crippen LogP contribution in [-0.2, 0) is 5.41 Å². The van der Waals surface area contributed by atoms with Crippen LogP contribution in [0.2, 0.25) is 0 Å². The quantitative estimate of drug-likeness (QED) is 0.512. The van der Waals surface area contributed by atoms with Crippen molar-refractivity contribution in [2.24, 2.45) is 5.10 Å². The number of ketones is 1. The summed E-state index contributed by atoms with van der Waals surface area (Å²) in [5.74, 6) is 0.474. The van der Waals surface area contributed by atoms with Gasteiger partial charge in [-0.25, -0.2) is 0 Å². The molecule has 2 aromatic rings. The third kappa shape index (κ3) is 2.21. The number of phenolic OH excluding ortho intramolecular Hbond substituents is 2. The van der Waals surface area contributed by atoms with E-state index in [0.717, 1.165) is 0 Å². The minimum atomic E-state index is -1.24. The van der Waals surface area contributed by atoms with Gasteiger partial charge in [0.05, 0.1) is 28.1 Å². The number of carbonyl (C=O) groups excluding carboxylic acids is 1. The molecular weight excluding hydrogens is 412 g/mol. The van der Waals surface area contributed by atoms with Crippen molar-refractivity contribution in [1.82, 2.24) is 15.6 Å². The fourth-order valence-corrected chi connectivity index (χ4v) is 4.86. The van der Waals surface area contributed by atoms with E-state index < -0.39 is 5.41 Å². The number of fused-ring (bicyclic) bond motifs is 4. The van der Waals surface area contributed by atoms with Crippen LogP contribution in [0.3, 0.4) is 0 Å². The lowest BCUT2D eigenvalue weighted by atomic mass is 9.71. The molecule has 0 saturated carbocycles. The van der Waals surface area contributed by atoms with Crippen molar-refractivity contribution in [2.45, 2.75) is 26.2 Å². The predicted octanol–water partition coefficient (Wildman–Crippen LogP) is 2.65. The van der Waals surface area contributed by atoms with Gasteiger partial charge >= 0.3 is 0 Å². The summed E-state index contributed by atoms with van der Waals surface area (Å²) in [6.07, 6.45) is 1.70. The first-order valence-corrected chi connectivity index (χ1v) is 10.2. The molecule has 0 spiro atoms. The van der Waals surface area contributed by atoms with Gasteiger partial charge in [0, 0.05) is 23.1 Å². The molecule has 29 heavy (non-hydrogen) atoms. The molecule has 8 nitrogen and oxygen atoms in total. The highest BCUT2D eigenvalue weighted by molar-refractivity contribution is 8.23. The van der Waals surface area contributed by atoms with Crippen molar-refractivity contribution < 1.29 is 19.7 Å². The van der Waals surface area contributed by atoms with Crippen LogP contribution < -0.4 is 10.2 Å². The third-order valence-electron chi connectivity index (χ3n) is 5.68. The topological polar surface area (TPSA) is 120 Å². The highest BCUT2D eigenvalue weighted by Crippen LogP contribution is 2.58. The molecular formula is C19H16N4O4S2. The summed E-state index contributed by atoms with van der Waals surface area (Å²) in [7, 11) is 0. The van der Waals surface area contributed by atoms with Gasteiger partial charge in [-0.15, -0.1) is 0 Å². The lowest BCUT2D eigenvalue weighted by Gasteiger charge is -2.27. The molecule has 4 N–H and O–H groups in total. The normalized spacial score (nSPS) is 22.2. The second-order valence-corrected chi connectivity index (χ2v) is 8.97. The highest BCUT2D eigenvalue weighted by atomic mass is 32.2. The molecule has 0 unspecified atom stereocenters. The zero-order chi connectivity index (χ0) is 20.7. The maximum absolute atomic E-state index is 13.5. The van der Waals surface area contributed by atoms with Crippen molar-refractivity contribution in [3.05, 3.63) is 39.4 Å². The fourth-order valence-electron chi connectivity index (χ4n) is 4.05. The summed E-state index contributed by atoms with van der Waals surface area (Å²) >= 11 is 6.46. The molecule has 148 valence electrons. The second-order valence-electron chi connectivity index (χ2n) is 7.32. The molecule has 1 aromatic heterocycles. The van der Waals surface area contributed by atoms with Gasteiger partial charge in [0.1, 0.15) is 28.4 Å². The first kappa shape index (κ1) is 18.2. The number of carbonyl (C=O) groups is 1. The minimum Gasteiger partial charge on any atom is -0.507 e. The summed E-state index contributed by atoms with van der Waals surface area (Å²) in [5.41, 5.74) is 4.56. The zero-order valence-corrected chi connectivity index (χ0v) is 17.3. The number of Topliss-reactive ketones (excluding diaryl/α,β-unsaturated/α-hetero) is 1. The van der Waals surface area contributed by atoms with Crippen molar-refractivity contribution in [2.75, 3.05) is 5.75 Å². The lowest BCUT2D eigenvalue weighted by Crippen LogP contribution is -2.35. The number of nitrogens with zero attached hydrogens (tertiary/aromatic N) is 2. The number of rotatable bonds is 1. The van der Waals surface area contributed by atoms with E-state index in [1.165, 1.54) is 11.8 Å². The van der Waals surface area contributed by atoms with Gasteiger partial charge in [-0.1, -0.05) is 24.0 Å². The van der Waals surface area contributed by atoms with E-state index in [1.807, 2.05) is 0 Å². The molecule has 5 rings (SSSR count). The fraction of sp³-hybridized carbons (Fsp3) is 0.263. The van der Waals surface area contributed by atoms with Crippen molar-refractivity contribution in [3.63, 3.8) is 0 Å². The number of H-pyrrole nitrogens is 1. The highest BCUT2D eigenvalue weighted by Gasteiger charge is 2.55. The number of aromatic amines is 1.